The van der Waals surface area contributed by atoms with Gasteiger partial charge in [-0.1, -0.05) is 18.2 Å². The number of fused-ring (bicyclic) bond motifs is 1. The number of benzene rings is 1. The minimum Gasteiger partial charge on any atom is -0.374 e. The summed E-state index contributed by atoms with van der Waals surface area (Å²) < 4.78 is 6.19. The Morgan fingerprint density at radius 3 is 2.81 bits per heavy atom. The van der Waals surface area contributed by atoms with Crippen LogP contribution >= 0.6 is 0 Å². The second-order valence-electron chi connectivity index (χ2n) is 6.63. The minimum atomic E-state index is 0.309. The van der Waals surface area contributed by atoms with E-state index in [1.54, 1.807) is 0 Å². The lowest BCUT2D eigenvalue weighted by Gasteiger charge is -2.39. The summed E-state index contributed by atoms with van der Waals surface area (Å²) in [7, 11) is 2.07. The number of morpholine rings is 1. The van der Waals surface area contributed by atoms with E-state index in [1.165, 1.54) is 36.1 Å². The Balaban J connectivity index is 1.70. The molecule has 2 aliphatic heterocycles. The van der Waals surface area contributed by atoms with E-state index in [0.29, 0.717) is 18.2 Å². The van der Waals surface area contributed by atoms with Crippen LogP contribution in [0.1, 0.15) is 29.5 Å². The molecule has 0 aromatic heterocycles. The molecule has 0 aliphatic carbocycles. The van der Waals surface area contributed by atoms with Crippen molar-refractivity contribution in [2.24, 2.45) is 0 Å². The highest BCUT2D eigenvalue weighted by Gasteiger charge is 2.35. The van der Waals surface area contributed by atoms with E-state index in [9.17, 15) is 0 Å². The molecule has 3 unspecified atom stereocenters. The van der Waals surface area contributed by atoms with Crippen molar-refractivity contribution in [3.8, 4) is 0 Å². The maximum Gasteiger partial charge on any atom is 0.0858 e. The highest BCUT2D eigenvalue weighted by molar-refractivity contribution is 5.34. The van der Waals surface area contributed by atoms with Gasteiger partial charge in [-0.2, -0.15) is 0 Å². The maximum atomic E-state index is 6.19. The third kappa shape index (κ3) is 3.15. The van der Waals surface area contributed by atoms with Gasteiger partial charge in [0.2, 0.25) is 0 Å². The zero-order chi connectivity index (χ0) is 14.8. The molecule has 3 heteroatoms. The predicted octanol–water partition coefficient (Wildman–Crippen LogP) is 2.30. The summed E-state index contributed by atoms with van der Waals surface area (Å²) in [6, 6.07) is 7.65. The highest BCUT2D eigenvalue weighted by Crippen LogP contribution is 2.25. The van der Waals surface area contributed by atoms with Crippen LogP contribution in [0.3, 0.4) is 0 Å². The third-order valence-electron chi connectivity index (χ3n) is 5.30. The van der Waals surface area contributed by atoms with Crippen molar-refractivity contribution in [1.82, 2.24) is 10.2 Å². The molecule has 1 aromatic rings. The van der Waals surface area contributed by atoms with Crippen LogP contribution in [0.5, 0.6) is 0 Å². The molecule has 2 heterocycles. The molecule has 1 N–H and O–H groups in total. The van der Waals surface area contributed by atoms with Gasteiger partial charge in [-0.3, -0.25) is 4.90 Å². The minimum absolute atomic E-state index is 0.309. The maximum absolute atomic E-state index is 6.19. The van der Waals surface area contributed by atoms with Crippen molar-refractivity contribution in [3.63, 3.8) is 0 Å². The molecule has 2 saturated heterocycles. The molecule has 21 heavy (non-hydrogen) atoms. The number of ether oxygens (including phenoxy) is 1. The Kier molecular flexibility index (Phi) is 4.63. The first kappa shape index (κ1) is 15.0. The Morgan fingerprint density at radius 2 is 2.10 bits per heavy atom. The van der Waals surface area contributed by atoms with Gasteiger partial charge in [0.25, 0.3) is 0 Å². The van der Waals surface area contributed by atoms with Gasteiger partial charge in [0.1, 0.15) is 0 Å². The number of likely N-dealkylation sites (N-methyl/N-ethyl adjacent to an activating group) is 1. The van der Waals surface area contributed by atoms with Crippen LogP contribution in [-0.2, 0) is 11.2 Å². The molecule has 116 valence electrons. The fourth-order valence-corrected chi connectivity index (χ4v) is 3.90. The molecule has 3 nitrogen and oxygen atoms in total. The highest BCUT2D eigenvalue weighted by atomic mass is 16.5. The third-order valence-corrected chi connectivity index (χ3v) is 5.30. The number of aryl methyl sites for hydroxylation is 2. The van der Waals surface area contributed by atoms with Crippen LogP contribution in [0.4, 0.5) is 0 Å². The largest absolute Gasteiger partial charge is 0.374 e. The Labute approximate surface area is 128 Å². The number of nitrogens with one attached hydrogen (secondary N) is 1. The fraction of sp³-hybridized carbons (Fsp3) is 0.667. The van der Waals surface area contributed by atoms with Gasteiger partial charge in [-0.05, 0) is 63.4 Å². The normalized spacial score (nSPS) is 27.6. The molecule has 0 saturated carbocycles. The average Bonchev–Trinajstić information content (AvgIpc) is 2.94. The second kappa shape index (κ2) is 6.47. The van der Waals surface area contributed by atoms with Gasteiger partial charge in [-0.15, -0.1) is 0 Å². The number of hydrogen-bond donors (Lipinski definition) is 1. The second-order valence-corrected chi connectivity index (χ2v) is 6.63. The first-order chi connectivity index (χ1) is 10.2. The predicted molar refractivity (Wildman–Crippen MR) is 86.8 cm³/mol. The van der Waals surface area contributed by atoms with Crippen molar-refractivity contribution >= 4 is 0 Å². The standard InChI is InChI=1S/C18H28N2O/c1-13-6-4-7-14(2)16(13)10-17(19-3)18-11-20-9-5-8-15(20)12-21-18/h4,6-7,15,17-19H,5,8-12H2,1-3H3. The Bertz CT molecular complexity index is 468. The SMILES string of the molecule is CNC(Cc1c(C)cccc1C)C1CN2CCCC2CO1. The van der Waals surface area contributed by atoms with Crippen molar-refractivity contribution < 1.29 is 4.74 Å². The molecule has 0 amide bonds. The molecule has 2 aliphatic rings. The molecule has 3 rings (SSSR count). The molecule has 0 bridgehead atoms. The number of hydrogen-bond acceptors (Lipinski definition) is 3. The zero-order valence-corrected chi connectivity index (χ0v) is 13.6. The van der Waals surface area contributed by atoms with Gasteiger partial charge in [-0.25, -0.2) is 0 Å². The Morgan fingerprint density at radius 1 is 1.33 bits per heavy atom. The number of rotatable bonds is 4. The van der Waals surface area contributed by atoms with E-state index in [-0.39, 0.29) is 0 Å². The average molecular weight is 288 g/mol. The first-order valence-corrected chi connectivity index (χ1v) is 8.27. The summed E-state index contributed by atoms with van der Waals surface area (Å²) >= 11 is 0. The molecule has 0 radical (unpaired) electrons. The van der Waals surface area contributed by atoms with Gasteiger partial charge in [0.15, 0.2) is 0 Å². The topological polar surface area (TPSA) is 24.5 Å². The van der Waals surface area contributed by atoms with E-state index in [2.05, 4.69) is 49.3 Å². The summed E-state index contributed by atoms with van der Waals surface area (Å²) in [5.74, 6) is 0. The molecule has 2 fully saturated rings. The van der Waals surface area contributed by atoms with Crippen LogP contribution in [-0.4, -0.2) is 49.8 Å². The Hall–Kier alpha value is -0.900. The summed E-state index contributed by atoms with van der Waals surface area (Å²) in [6.07, 6.45) is 4.01. The lowest BCUT2D eigenvalue weighted by Crippen LogP contribution is -2.54. The zero-order valence-electron chi connectivity index (χ0n) is 13.6. The summed E-state index contributed by atoms with van der Waals surface area (Å²) in [6.45, 7) is 7.68. The quantitative estimate of drug-likeness (QED) is 0.920. The lowest BCUT2D eigenvalue weighted by molar-refractivity contribution is -0.0634. The summed E-state index contributed by atoms with van der Waals surface area (Å²) in [5.41, 5.74) is 4.26. The van der Waals surface area contributed by atoms with Crippen molar-refractivity contribution in [3.05, 3.63) is 34.9 Å². The van der Waals surface area contributed by atoms with E-state index in [4.69, 9.17) is 4.74 Å². The monoisotopic (exact) mass is 288 g/mol. The fourth-order valence-electron chi connectivity index (χ4n) is 3.90. The molecule has 0 spiro atoms. The smallest absolute Gasteiger partial charge is 0.0858 e. The van der Waals surface area contributed by atoms with Crippen molar-refractivity contribution in [2.45, 2.75) is 51.3 Å². The van der Waals surface area contributed by atoms with Gasteiger partial charge < -0.3 is 10.1 Å². The van der Waals surface area contributed by atoms with Crippen LogP contribution in [0.15, 0.2) is 18.2 Å². The van der Waals surface area contributed by atoms with Crippen LogP contribution in [0, 0.1) is 13.8 Å². The lowest BCUT2D eigenvalue weighted by atomic mass is 9.93. The molecule has 1 aromatic carbocycles. The van der Waals surface area contributed by atoms with Crippen molar-refractivity contribution in [2.75, 3.05) is 26.7 Å². The van der Waals surface area contributed by atoms with E-state index in [0.717, 1.165) is 19.6 Å². The van der Waals surface area contributed by atoms with E-state index in [1.807, 2.05) is 0 Å². The van der Waals surface area contributed by atoms with Crippen LogP contribution in [0.2, 0.25) is 0 Å². The van der Waals surface area contributed by atoms with E-state index < -0.39 is 0 Å². The first-order valence-electron chi connectivity index (χ1n) is 8.27. The van der Waals surface area contributed by atoms with Gasteiger partial charge in [0, 0.05) is 18.6 Å². The van der Waals surface area contributed by atoms with Gasteiger partial charge >= 0.3 is 0 Å². The summed E-state index contributed by atoms with van der Waals surface area (Å²) in [5, 5.41) is 3.50. The molecular weight excluding hydrogens is 260 g/mol. The van der Waals surface area contributed by atoms with Gasteiger partial charge in [0.05, 0.1) is 12.7 Å². The van der Waals surface area contributed by atoms with E-state index >= 15 is 0 Å². The molecule has 3 atom stereocenters. The number of nitrogens with zero attached hydrogens (tertiary/aromatic N) is 1. The summed E-state index contributed by atoms with van der Waals surface area (Å²) in [4.78, 5) is 2.63. The molecular formula is C18H28N2O. The van der Waals surface area contributed by atoms with Crippen molar-refractivity contribution in [1.29, 1.82) is 0 Å². The van der Waals surface area contributed by atoms with Crippen LogP contribution < -0.4 is 5.32 Å². The van der Waals surface area contributed by atoms with Crippen LogP contribution in [0.25, 0.3) is 0 Å².